The zero-order valence-electron chi connectivity index (χ0n) is 11.9. The molecule has 0 aliphatic rings. The number of phenolic OH excluding ortho intramolecular Hbond substituents is 1. The van der Waals surface area contributed by atoms with E-state index in [4.69, 9.17) is 0 Å². The van der Waals surface area contributed by atoms with Crippen molar-refractivity contribution in [2.45, 2.75) is 20.4 Å². The molecule has 0 amide bonds. The van der Waals surface area contributed by atoms with E-state index < -0.39 is 5.82 Å². The molecule has 6 heteroatoms. The third kappa shape index (κ3) is 3.28. The first-order valence-corrected chi connectivity index (χ1v) is 6.35. The van der Waals surface area contributed by atoms with Gasteiger partial charge in [-0.25, -0.2) is 9.18 Å². The van der Waals surface area contributed by atoms with Crippen molar-refractivity contribution in [3.05, 3.63) is 63.7 Å². The Balaban J connectivity index is 2.39. The Kier molecular flexibility index (Phi) is 4.07. The molecular formula is C15H16FN3O2. The highest BCUT2D eigenvalue weighted by Gasteiger charge is 2.11. The maximum Gasteiger partial charge on any atom is 0.326 e. The number of aromatic amines is 1. The maximum atomic E-state index is 13.2. The van der Waals surface area contributed by atoms with Crippen molar-refractivity contribution >= 4 is 6.21 Å². The number of aliphatic imine (C=N–C) groups is 1. The van der Waals surface area contributed by atoms with Gasteiger partial charge < -0.3 is 10.1 Å². The highest BCUT2D eigenvalue weighted by atomic mass is 19.1. The fourth-order valence-corrected chi connectivity index (χ4v) is 1.91. The quantitative estimate of drug-likeness (QED) is 0.848. The summed E-state index contributed by atoms with van der Waals surface area (Å²) >= 11 is 0. The Bertz CT molecular complexity index is 772. The molecular weight excluding hydrogens is 273 g/mol. The molecule has 0 radical (unpaired) electrons. The molecule has 2 rings (SSSR count). The van der Waals surface area contributed by atoms with Gasteiger partial charge in [-0.2, -0.15) is 0 Å². The van der Waals surface area contributed by atoms with Crippen molar-refractivity contribution in [3.8, 4) is 5.75 Å². The second kappa shape index (κ2) is 5.78. The highest BCUT2D eigenvalue weighted by Crippen LogP contribution is 2.19. The SMILES string of the molecule is C=C(C)N=Cc1[nH]c(=O)n(Cc2cc(F)ccc2O)c1C. The summed E-state index contributed by atoms with van der Waals surface area (Å²) in [5.74, 6) is -0.519. The van der Waals surface area contributed by atoms with Crippen LogP contribution >= 0.6 is 0 Å². The van der Waals surface area contributed by atoms with E-state index in [0.29, 0.717) is 22.6 Å². The van der Waals surface area contributed by atoms with Crippen LogP contribution in [0.5, 0.6) is 5.75 Å². The maximum absolute atomic E-state index is 13.2. The second-order valence-electron chi connectivity index (χ2n) is 4.78. The molecule has 5 nitrogen and oxygen atoms in total. The van der Waals surface area contributed by atoms with Crippen LogP contribution in [0.2, 0.25) is 0 Å². The molecule has 0 aliphatic heterocycles. The van der Waals surface area contributed by atoms with Gasteiger partial charge in [-0.3, -0.25) is 9.56 Å². The van der Waals surface area contributed by atoms with E-state index in [1.54, 1.807) is 13.8 Å². The van der Waals surface area contributed by atoms with E-state index in [2.05, 4.69) is 16.6 Å². The molecule has 0 fully saturated rings. The predicted molar refractivity (Wildman–Crippen MR) is 79.4 cm³/mol. The molecule has 21 heavy (non-hydrogen) atoms. The van der Waals surface area contributed by atoms with Crippen molar-refractivity contribution in [1.82, 2.24) is 9.55 Å². The highest BCUT2D eigenvalue weighted by molar-refractivity contribution is 5.79. The molecule has 1 heterocycles. The third-order valence-corrected chi connectivity index (χ3v) is 3.07. The number of halogens is 1. The minimum Gasteiger partial charge on any atom is -0.508 e. The van der Waals surface area contributed by atoms with Gasteiger partial charge >= 0.3 is 5.69 Å². The topological polar surface area (TPSA) is 70.4 Å². The average molecular weight is 289 g/mol. The minimum atomic E-state index is -0.465. The number of rotatable bonds is 4. The summed E-state index contributed by atoms with van der Waals surface area (Å²) in [6.45, 7) is 7.21. The van der Waals surface area contributed by atoms with E-state index >= 15 is 0 Å². The summed E-state index contributed by atoms with van der Waals surface area (Å²) in [4.78, 5) is 18.7. The zero-order valence-corrected chi connectivity index (χ0v) is 11.9. The molecule has 0 spiro atoms. The lowest BCUT2D eigenvalue weighted by atomic mass is 10.2. The molecule has 1 aromatic carbocycles. The Labute approximate surface area is 121 Å². The number of nitrogens with one attached hydrogen (secondary N) is 1. The molecule has 0 aliphatic carbocycles. The van der Waals surface area contributed by atoms with Crippen LogP contribution in [0.15, 0.2) is 40.3 Å². The molecule has 2 aromatic rings. The zero-order chi connectivity index (χ0) is 15.6. The van der Waals surface area contributed by atoms with Gasteiger partial charge in [-0.1, -0.05) is 6.58 Å². The van der Waals surface area contributed by atoms with Crippen LogP contribution in [0.25, 0.3) is 0 Å². The summed E-state index contributed by atoms with van der Waals surface area (Å²) in [5, 5.41) is 9.73. The van der Waals surface area contributed by atoms with Gasteiger partial charge in [0, 0.05) is 17.0 Å². The minimum absolute atomic E-state index is 0.0546. The average Bonchev–Trinajstić information content (AvgIpc) is 2.68. The van der Waals surface area contributed by atoms with Crippen molar-refractivity contribution < 1.29 is 9.50 Å². The van der Waals surface area contributed by atoms with Gasteiger partial charge in [0.15, 0.2) is 0 Å². The summed E-state index contributed by atoms with van der Waals surface area (Å²) in [5.41, 5.74) is 1.81. The van der Waals surface area contributed by atoms with Crippen molar-refractivity contribution in [3.63, 3.8) is 0 Å². The van der Waals surface area contributed by atoms with Gasteiger partial charge in [-0.15, -0.1) is 0 Å². The second-order valence-corrected chi connectivity index (χ2v) is 4.78. The number of aromatic hydroxyl groups is 1. The van der Waals surface area contributed by atoms with Gasteiger partial charge in [0.05, 0.1) is 18.5 Å². The normalized spacial score (nSPS) is 11.2. The fourth-order valence-electron chi connectivity index (χ4n) is 1.91. The molecule has 2 N–H and O–H groups in total. The Morgan fingerprint density at radius 3 is 2.95 bits per heavy atom. The molecule has 0 bridgehead atoms. The number of H-pyrrole nitrogens is 1. The molecule has 110 valence electrons. The lowest BCUT2D eigenvalue weighted by Gasteiger charge is -2.07. The first-order valence-electron chi connectivity index (χ1n) is 6.35. The molecule has 0 unspecified atom stereocenters. The summed E-state index contributed by atoms with van der Waals surface area (Å²) < 4.78 is 14.6. The van der Waals surface area contributed by atoms with E-state index in [9.17, 15) is 14.3 Å². The molecule has 0 atom stereocenters. The smallest absolute Gasteiger partial charge is 0.326 e. The Morgan fingerprint density at radius 1 is 1.57 bits per heavy atom. The lowest BCUT2D eigenvalue weighted by Crippen LogP contribution is -2.18. The van der Waals surface area contributed by atoms with E-state index in [-0.39, 0.29) is 18.0 Å². The molecule has 0 saturated carbocycles. The van der Waals surface area contributed by atoms with Crippen molar-refractivity contribution in [2.75, 3.05) is 0 Å². The summed E-state index contributed by atoms with van der Waals surface area (Å²) in [6, 6.07) is 3.63. The van der Waals surface area contributed by atoms with Gasteiger partial charge in [0.1, 0.15) is 11.6 Å². The standard InChI is InChI=1S/C15H16FN3O2/c1-9(2)17-7-13-10(3)19(15(21)18-13)8-11-6-12(16)4-5-14(11)20/h4-7,20H,1,8H2,2-3H3,(H,18,21). The number of phenols is 1. The van der Waals surface area contributed by atoms with Crippen molar-refractivity contribution in [2.24, 2.45) is 4.99 Å². The van der Waals surface area contributed by atoms with Crippen LogP contribution in [-0.2, 0) is 6.54 Å². The first-order chi connectivity index (χ1) is 9.88. The van der Waals surface area contributed by atoms with Crippen LogP contribution in [0.4, 0.5) is 4.39 Å². The number of benzene rings is 1. The Morgan fingerprint density at radius 2 is 2.29 bits per heavy atom. The van der Waals surface area contributed by atoms with Crippen LogP contribution in [0.3, 0.4) is 0 Å². The van der Waals surface area contributed by atoms with Crippen LogP contribution in [0.1, 0.15) is 23.9 Å². The molecule has 0 saturated heterocycles. The molecule has 1 aromatic heterocycles. The van der Waals surface area contributed by atoms with Gasteiger partial charge in [0.2, 0.25) is 0 Å². The number of allylic oxidation sites excluding steroid dienone is 1. The predicted octanol–water partition coefficient (Wildman–Crippen LogP) is 2.33. The van der Waals surface area contributed by atoms with E-state index in [1.807, 2.05) is 0 Å². The van der Waals surface area contributed by atoms with E-state index in [1.165, 1.54) is 22.9 Å². The Hall–Kier alpha value is -2.63. The summed E-state index contributed by atoms with van der Waals surface area (Å²) in [7, 11) is 0. The number of imidazole rings is 1. The van der Waals surface area contributed by atoms with Crippen molar-refractivity contribution in [1.29, 1.82) is 0 Å². The number of nitrogens with zero attached hydrogens (tertiary/aromatic N) is 2. The lowest BCUT2D eigenvalue weighted by molar-refractivity contribution is 0.462. The number of aromatic nitrogens is 2. The van der Waals surface area contributed by atoms with Crippen LogP contribution in [-0.4, -0.2) is 20.9 Å². The van der Waals surface area contributed by atoms with Crippen LogP contribution < -0.4 is 5.69 Å². The monoisotopic (exact) mass is 289 g/mol. The summed E-state index contributed by atoms with van der Waals surface area (Å²) in [6.07, 6.45) is 1.51. The van der Waals surface area contributed by atoms with E-state index in [0.717, 1.165) is 6.07 Å². The first kappa shape index (κ1) is 14.8. The largest absolute Gasteiger partial charge is 0.508 e. The number of hydrogen-bond donors (Lipinski definition) is 2. The fraction of sp³-hybridized carbons (Fsp3) is 0.200. The third-order valence-electron chi connectivity index (χ3n) is 3.07. The van der Waals surface area contributed by atoms with Gasteiger partial charge in [0.25, 0.3) is 0 Å². The number of hydrogen-bond acceptors (Lipinski definition) is 3. The van der Waals surface area contributed by atoms with Gasteiger partial charge in [-0.05, 0) is 32.0 Å². The van der Waals surface area contributed by atoms with Crippen LogP contribution in [0, 0.1) is 12.7 Å².